The molecule has 0 aromatic heterocycles. The number of aliphatic hydroxyl groups excluding tert-OH is 1. The Balaban J connectivity index is 1.86. The maximum atomic E-state index is 10.5. The van der Waals surface area contributed by atoms with Gasteiger partial charge in [0, 0.05) is 12.0 Å². The van der Waals surface area contributed by atoms with Gasteiger partial charge in [0.25, 0.3) is 0 Å². The number of hydrogen-bond donors (Lipinski definition) is 2. The molecule has 2 nitrogen and oxygen atoms in total. The average molecular weight is 273 g/mol. The summed E-state index contributed by atoms with van der Waals surface area (Å²) in [5, 5.41) is 14.1. The molecule has 2 fully saturated rings. The molecular weight excluding hydrogens is 246 g/mol. The zero-order valence-electron chi connectivity index (χ0n) is 12.3. The van der Waals surface area contributed by atoms with Crippen LogP contribution in [0.2, 0.25) is 0 Å². The van der Waals surface area contributed by atoms with Crippen molar-refractivity contribution in [3.8, 4) is 0 Å². The zero-order valence-corrected chi connectivity index (χ0v) is 12.3. The Morgan fingerprint density at radius 3 is 2.40 bits per heavy atom. The standard InChI is InChI=1S/C18H27NO/c20-16-12-7-13-19-18(16)17(14-8-3-1-4-9-14)15-10-5-2-6-11-15/h1,3-4,8-9,15-20H,2,5-7,10-13H2/t16-,17-,18+/m1/s1. The second-order valence-corrected chi connectivity index (χ2v) is 6.52. The van der Waals surface area contributed by atoms with Crippen LogP contribution in [0.1, 0.15) is 56.4 Å². The number of benzene rings is 1. The summed E-state index contributed by atoms with van der Waals surface area (Å²) < 4.78 is 0. The molecular formula is C18H27NO. The monoisotopic (exact) mass is 273 g/mol. The molecule has 1 saturated carbocycles. The summed E-state index contributed by atoms with van der Waals surface area (Å²) in [7, 11) is 0. The van der Waals surface area contributed by atoms with Gasteiger partial charge in [-0.1, -0.05) is 49.6 Å². The Morgan fingerprint density at radius 2 is 1.70 bits per heavy atom. The molecule has 3 atom stereocenters. The molecule has 0 unspecified atom stereocenters. The normalized spacial score (nSPS) is 30.1. The third kappa shape index (κ3) is 3.07. The van der Waals surface area contributed by atoms with E-state index in [4.69, 9.17) is 0 Å². The van der Waals surface area contributed by atoms with Gasteiger partial charge in [0.2, 0.25) is 0 Å². The fourth-order valence-electron chi connectivity index (χ4n) is 4.20. The van der Waals surface area contributed by atoms with Crippen molar-refractivity contribution in [2.24, 2.45) is 5.92 Å². The van der Waals surface area contributed by atoms with Gasteiger partial charge in [-0.15, -0.1) is 0 Å². The minimum Gasteiger partial charge on any atom is -0.391 e. The minimum absolute atomic E-state index is 0.184. The van der Waals surface area contributed by atoms with Crippen LogP contribution < -0.4 is 5.32 Å². The molecule has 0 bridgehead atoms. The molecule has 1 aliphatic heterocycles. The Bertz CT molecular complexity index is 399. The van der Waals surface area contributed by atoms with E-state index in [9.17, 15) is 5.11 Å². The molecule has 1 aliphatic carbocycles. The van der Waals surface area contributed by atoms with E-state index in [1.54, 1.807) is 0 Å². The Labute approximate surface area is 122 Å². The van der Waals surface area contributed by atoms with Gasteiger partial charge in [-0.05, 0) is 43.7 Å². The van der Waals surface area contributed by atoms with E-state index in [-0.39, 0.29) is 12.1 Å². The Hall–Kier alpha value is -0.860. The van der Waals surface area contributed by atoms with Crippen LogP contribution in [0.15, 0.2) is 30.3 Å². The highest BCUT2D eigenvalue weighted by molar-refractivity contribution is 5.23. The van der Waals surface area contributed by atoms with Gasteiger partial charge in [-0.3, -0.25) is 0 Å². The predicted molar refractivity (Wildman–Crippen MR) is 82.8 cm³/mol. The van der Waals surface area contributed by atoms with Crippen molar-refractivity contribution in [1.29, 1.82) is 0 Å². The largest absolute Gasteiger partial charge is 0.391 e. The molecule has 2 aliphatic rings. The molecule has 0 spiro atoms. The number of hydrogen-bond acceptors (Lipinski definition) is 2. The number of rotatable bonds is 3. The van der Waals surface area contributed by atoms with Crippen molar-refractivity contribution in [2.45, 2.75) is 63.0 Å². The molecule has 0 radical (unpaired) electrons. The van der Waals surface area contributed by atoms with Gasteiger partial charge < -0.3 is 10.4 Å². The van der Waals surface area contributed by atoms with E-state index in [0.717, 1.165) is 25.3 Å². The van der Waals surface area contributed by atoms with Gasteiger partial charge in [0.15, 0.2) is 0 Å². The van der Waals surface area contributed by atoms with E-state index < -0.39 is 0 Å². The van der Waals surface area contributed by atoms with Crippen molar-refractivity contribution < 1.29 is 5.11 Å². The highest BCUT2D eigenvalue weighted by atomic mass is 16.3. The lowest BCUT2D eigenvalue weighted by Crippen LogP contribution is -2.50. The fourth-order valence-corrected chi connectivity index (χ4v) is 4.20. The van der Waals surface area contributed by atoms with Crippen LogP contribution in [0.5, 0.6) is 0 Å². The quantitative estimate of drug-likeness (QED) is 0.884. The van der Waals surface area contributed by atoms with Crippen LogP contribution in [0.4, 0.5) is 0 Å². The molecule has 110 valence electrons. The lowest BCUT2D eigenvalue weighted by molar-refractivity contribution is 0.0665. The van der Waals surface area contributed by atoms with E-state index in [0.29, 0.717) is 5.92 Å². The molecule has 1 aromatic rings. The topological polar surface area (TPSA) is 32.3 Å². The van der Waals surface area contributed by atoms with Crippen molar-refractivity contribution in [3.05, 3.63) is 35.9 Å². The molecule has 1 saturated heterocycles. The zero-order chi connectivity index (χ0) is 13.8. The van der Waals surface area contributed by atoms with Gasteiger partial charge in [0.05, 0.1) is 6.10 Å². The second-order valence-electron chi connectivity index (χ2n) is 6.52. The van der Waals surface area contributed by atoms with Gasteiger partial charge in [-0.2, -0.15) is 0 Å². The second kappa shape index (κ2) is 6.73. The van der Waals surface area contributed by atoms with Crippen molar-refractivity contribution in [2.75, 3.05) is 6.54 Å². The van der Waals surface area contributed by atoms with Gasteiger partial charge in [-0.25, -0.2) is 0 Å². The maximum Gasteiger partial charge on any atom is 0.0699 e. The van der Waals surface area contributed by atoms with Crippen LogP contribution in [0.25, 0.3) is 0 Å². The van der Waals surface area contributed by atoms with Gasteiger partial charge >= 0.3 is 0 Å². The van der Waals surface area contributed by atoms with Crippen LogP contribution in [0.3, 0.4) is 0 Å². The van der Waals surface area contributed by atoms with E-state index >= 15 is 0 Å². The third-order valence-electron chi connectivity index (χ3n) is 5.20. The lowest BCUT2D eigenvalue weighted by atomic mass is 9.71. The summed E-state index contributed by atoms with van der Waals surface area (Å²) in [6.07, 6.45) is 8.62. The molecule has 1 heterocycles. The van der Waals surface area contributed by atoms with Crippen molar-refractivity contribution in [1.82, 2.24) is 5.32 Å². The van der Waals surface area contributed by atoms with Crippen LogP contribution in [-0.2, 0) is 0 Å². The summed E-state index contributed by atoms with van der Waals surface area (Å²) in [4.78, 5) is 0. The molecule has 0 amide bonds. The molecule has 3 rings (SSSR count). The van der Waals surface area contributed by atoms with Gasteiger partial charge in [0.1, 0.15) is 0 Å². The van der Waals surface area contributed by atoms with Crippen molar-refractivity contribution >= 4 is 0 Å². The summed E-state index contributed by atoms with van der Waals surface area (Å²) in [5.41, 5.74) is 1.41. The third-order valence-corrected chi connectivity index (χ3v) is 5.20. The molecule has 1 aromatic carbocycles. The van der Waals surface area contributed by atoms with Crippen molar-refractivity contribution in [3.63, 3.8) is 0 Å². The first-order valence-electron chi connectivity index (χ1n) is 8.32. The van der Waals surface area contributed by atoms with Crippen LogP contribution >= 0.6 is 0 Å². The van der Waals surface area contributed by atoms with Crippen LogP contribution in [-0.4, -0.2) is 23.8 Å². The lowest BCUT2D eigenvalue weighted by Gasteiger charge is -2.41. The first-order chi connectivity index (χ1) is 9.86. The molecule has 2 N–H and O–H groups in total. The SMILES string of the molecule is O[C@@H]1CCCN[C@@H]1[C@H](c1ccccc1)C1CCCCC1. The van der Waals surface area contributed by atoms with E-state index in [1.165, 1.54) is 37.7 Å². The molecule has 2 heteroatoms. The summed E-state index contributed by atoms with van der Waals surface area (Å²) in [6, 6.07) is 11.1. The predicted octanol–water partition coefficient (Wildman–Crippen LogP) is 3.46. The van der Waals surface area contributed by atoms with E-state index in [2.05, 4.69) is 35.6 Å². The number of piperidine rings is 1. The number of aliphatic hydroxyl groups is 1. The molecule has 20 heavy (non-hydrogen) atoms. The average Bonchev–Trinajstić information content (AvgIpc) is 2.52. The first kappa shape index (κ1) is 14.1. The minimum atomic E-state index is -0.184. The smallest absolute Gasteiger partial charge is 0.0699 e. The van der Waals surface area contributed by atoms with Crippen LogP contribution in [0, 0.1) is 5.92 Å². The Kier molecular flexibility index (Phi) is 4.74. The number of nitrogens with one attached hydrogen (secondary N) is 1. The summed E-state index contributed by atoms with van der Waals surface area (Å²) in [6.45, 7) is 1.05. The summed E-state index contributed by atoms with van der Waals surface area (Å²) in [5.74, 6) is 1.21. The maximum absolute atomic E-state index is 10.5. The first-order valence-corrected chi connectivity index (χ1v) is 8.32. The highest BCUT2D eigenvalue weighted by Gasteiger charge is 2.36. The summed E-state index contributed by atoms with van der Waals surface area (Å²) >= 11 is 0. The Morgan fingerprint density at radius 1 is 0.950 bits per heavy atom. The highest BCUT2D eigenvalue weighted by Crippen LogP contribution is 2.40. The van der Waals surface area contributed by atoms with E-state index in [1.807, 2.05) is 0 Å². The fraction of sp³-hybridized carbons (Fsp3) is 0.667.